The largest absolute Gasteiger partial charge is 0.0985 e. The summed E-state index contributed by atoms with van der Waals surface area (Å²) in [5.41, 5.74) is 3.57. The molecule has 2 rings (SSSR count). The van der Waals surface area contributed by atoms with Crippen LogP contribution in [0.2, 0.25) is 5.02 Å². The van der Waals surface area contributed by atoms with Crippen LogP contribution in [0.4, 0.5) is 0 Å². The summed E-state index contributed by atoms with van der Waals surface area (Å²) >= 11 is 6.12. The third kappa shape index (κ3) is 2.53. The van der Waals surface area contributed by atoms with Crippen LogP contribution in [0.5, 0.6) is 0 Å². The molecule has 0 atom stereocenters. The highest BCUT2D eigenvalue weighted by Gasteiger charge is 2.00. The van der Waals surface area contributed by atoms with Crippen LogP contribution in [0.15, 0.2) is 55.1 Å². The molecule has 0 spiro atoms. The quantitative estimate of drug-likeness (QED) is 0.722. The number of hydrogen-bond donors (Lipinski definition) is 0. The lowest BCUT2D eigenvalue weighted by molar-refractivity contribution is 1.19. The molecule has 0 amide bonds. The van der Waals surface area contributed by atoms with Gasteiger partial charge in [-0.3, -0.25) is 0 Å². The van der Waals surface area contributed by atoms with Crippen LogP contribution >= 0.6 is 11.6 Å². The summed E-state index contributed by atoms with van der Waals surface area (Å²) in [5, 5.41) is 0.829. The molecule has 0 fully saturated rings. The van der Waals surface area contributed by atoms with Crippen molar-refractivity contribution in [3.63, 3.8) is 0 Å². The molecule has 0 saturated heterocycles. The Balaban J connectivity index is 2.21. The molecule has 0 unspecified atom stereocenters. The molecule has 0 radical (unpaired) electrons. The molecule has 0 saturated carbocycles. The highest BCUT2D eigenvalue weighted by molar-refractivity contribution is 6.31. The summed E-state index contributed by atoms with van der Waals surface area (Å²) < 4.78 is 0. The lowest BCUT2D eigenvalue weighted by atomic mass is 10.0. The average Bonchev–Trinajstić information content (AvgIpc) is 2.33. The van der Waals surface area contributed by atoms with Gasteiger partial charge in [0.25, 0.3) is 0 Å². The summed E-state index contributed by atoms with van der Waals surface area (Å²) in [4.78, 5) is 0. The molecule has 0 aliphatic carbocycles. The topological polar surface area (TPSA) is 0 Å². The molecule has 0 N–H and O–H groups in total. The van der Waals surface area contributed by atoms with Gasteiger partial charge < -0.3 is 0 Å². The number of halogens is 1. The van der Waals surface area contributed by atoms with Crippen LogP contribution in [0.25, 0.3) is 6.08 Å². The van der Waals surface area contributed by atoms with E-state index in [9.17, 15) is 0 Å². The molecule has 2 aromatic rings. The van der Waals surface area contributed by atoms with Gasteiger partial charge >= 0.3 is 0 Å². The Labute approximate surface area is 101 Å². The van der Waals surface area contributed by atoms with Crippen molar-refractivity contribution in [2.45, 2.75) is 6.42 Å². The monoisotopic (exact) mass is 228 g/mol. The molecular formula is C15H13Cl. The van der Waals surface area contributed by atoms with E-state index in [0.717, 1.165) is 22.6 Å². The molecule has 2 aromatic carbocycles. The van der Waals surface area contributed by atoms with E-state index in [1.807, 2.05) is 24.3 Å². The first-order chi connectivity index (χ1) is 7.79. The Hall–Kier alpha value is -1.53. The minimum absolute atomic E-state index is 0.829. The first-order valence-corrected chi connectivity index (χ1v) is 5.62. The lowest BCUT2D eigenvalue weighted by Gasteiger charge is -2.04. The lowest BCUT2D eigenvalue weighted by Crippen LogP contribution is -1.88. The Morgan fingerprint density at radius 1 is 1.00 bits per heavy atom. The standard InChI is InChI=1S/C15H13Cl/c1-2-12-7-9-13(10-8-12)11-14-5-3-4-6-15(14)16/h2-10H,1,11H2. The normalized spacial score (nSPS) is 10.1. The number of benzene rings is 2. The van der Waals surface area contributed by atoms with E-state index in [2.05, 4.69) is 36.9 Å². The SMILES string of the molecule is C=Cc1ccc(Cc2ccccc2Cl)cc1. The average molecular weight is 229 g/mol. The van der Waals surface area contributed by atoms with Crippen molar-refractivity contribution in [1.82, 2.24) is 0 Å². The van der Waals surface area contributed by atoms with E-state index in [4.69, 9.17) is 11.6 Å². The van der Waals surface area contributed by atoms with Crippen LogP contribution in [-0.4, -0.2) is 0 Å². The van der Waals surface area contributed by atoms with Crippen molar-refractivity contribution in [2.24, 2.45) is 0 Å². The highest BCUT2D eigenvalue weighted by Crippen LogP contribution is 2.19. The van der Waals surface area contributed by atoms with E-state index in [1.54, 1.807) is 0 Å². The van der Waals surface area contributed by atoms with Crippen LogP contribution in [-0.2, 0) is 6.42 Å². The van der Waals surface area contributed by atoms with Crippen LogP contribution < -0.4 is 0 Å². The van der Waals surface area contributed by atoms with Gasteiger partial charge in [0.05, 0.1) is 0 Å². The van der Waals surface area contributed by atoms with Crippen LogP contribution in [0.1, 0.15) is 16.7 Å². The van der Waals surface area contributed by atoms with Gasteiger partial charge in [0.2, 0.25) is 0 Å². The summed E-state index contributed by atoms with van der Waals surface area (Å²) in [6.45, 7) is 3.74. The fraction of sp³-hybridized carbons (Fsp3) is 0.0667. The van der Waals surface area contributed by atoms with Crippen LogP contribution in [0, 0.1) is 0 Å². The molecule has 0 aromatic heterocycles. The zero-order valence-corrected chi connectivity index (χ0v) is 9.74. The van der Waals surface area contributed by atoms with Gasteiger partial charge in [0, 0.05) is 5.02 Å². The molecule has 16 heavy (non-hydrogen) atoms. The molecule has 80 valence electrons. The van der Waals surface area contributed by atoms with Gasteiger partial charge in [0.1, 0.15) is 0 Å². The molecule has 0 aliphatic rings. The predicted octanol–water partition coefficient (Wildman–Crippen LogP) is 4.57. The Kier molecular flexibility index (Phi) is 3.43. The van der Waals surface area contributed by atoms with Gasteiger partial charge in [-0.25, -0.2) is 0 Å². The third-order valence-corrected chi connectivity index (χ3v) is 2.94. The maximum Gasteiger partial charge on any atom is 0.0441 e. The van der Waals surface area contributed by atoms with Gasteiger partial charge in [-0.2, -0.15) is 0 Å². The van der Waals surface area contributed by atoms with E-state index in [0.29, 0.717) is 0 Å². The van der Waals surface area contributed by atoms with Gasteiger partial charge in [-0.15, -0.1) is 0 Å². The maximum atomic E-state index is 6.12. The summed E-state index contributed by atoms with van der Waals surface area (Å²) in [6.07, 6.45) is 2.72. The highest BCUT2D eigenvalue weighted by atomic mass is 35.5. The van der Waals surface area contributed by atoms with Crippen molar-refractivity contribution in [2.75, 3.05) is 0 Å². The first-order valence-electron chi connectivity index (χ1n) is 5.24. The second-order valence-corrected chi connectivity index (χ2v) is 4.12. The smallest absolute Gasteiger partial charge is 0.0441 e. The molecule has 1 heteroatoms. The summed E-state index contributed by atoms with van der Waals surface area (Å²) in [5.74, 6) is 0. The van der Waals surface area contributed by atoms with E-state index in [-0.39, 0.29) is 0 Å². The fourth-order valence-electron chi connectivity index (χ4n) is 1.63. The van der Waals surface area contributed by atoms with E-state index >= 15 is 0 Å². The molecule has 0 bridgehead atoms. The molecule has 0 nitrogen and oxygen atoms in total. The molecule has 0 aliphatic heterocycles. The van der Waals surface area contributed by atoms with Crippen molar-refractivity contribution in [1.29, 1.82) is 0 Å². The van der Waals surface area contributed by atoms with Crippen molar-refractivity contribution in [3.05, 3.63) is 76.8 Å². The van der Waals surface area contributed by atoms with E-state index in [1.165, 1.54) is 5.56 Å². The Bertz CT molecular complexity index is 483. The minimum Gasteiger partial charge on any atom is -0.0985 e. The minimum atomic E-state index is 0.829. The van der Waals surface area contributed by atoms with Crippen LogP contribution in [0.3, 0.4) is 0 Å². The van der Waals surface area contributed by atoms with Gasteiger partial charge in [-0.05, 0) is 29.2 Å². The zero-order valence-electron chi connectivity index (χ0n) is 8.99. The second kappa shape index (κ2) is 5.00. The number of hydrogen-bond acceptors (Lipinski definition) is 0. The Morgan fingerprint density at radius 2 is 1.69 bits per heavy atom. The summed E-state index contributed by atoms with van der Waals surface area (Å²) in [7, 11) is 0. The third-order valence-electron chi connectivity index (χ3n) is 2.57. The van der Waals surface area contributed by atoms with Gasteiger partial charge in [-0.1, -0.05) is 66.7 Å². The van der Waals surface area contributed by atoms with Crippen molar-refractivity contribution in [3.8, 4) is 0 Å². The van der Waals surface area contributed by atoms with Crippen molar-refractivity contribution < 1.29 is 0 Å². The van der Waals surface area contributed by atoms with Gasteiger partial charge in [0.15, 0.2) is 0 Å². The zero-order chi connectivity index (χ0) is 11.4. The predicted molar refractivity (Wildman–Crippen MR) is 70.8 cm³/mol. The molecular weight excluding hydrogens is 216 g/mol. The maximum absolute atomic E-state index is 6.12. The first kappa shape index (κ1) is 11.0. The van der Waals surface area contributed by atoms with Crippen molar-refractivity contribution >= 4 is 17.7 Å². The summed E-state index contributed by atoms with van der Waals surface area (Å²) in [6, 6.07) is 16.3. The molecule has 0 heterocycles. The number of rotatable bonds is 3. The fourth-order valence-corrected chi connectivity index (χ4v) is 1.84. The van der Waals surface area contributed by atoms with E-state index < -0.39 is 0 Å². The second-order valence-electron chi connectivity index (χ2n) is 3.71. The Morgan fingerprint density at radius 3 is 2.31 bits per heavy atom.